The van der Waals surface area contributed by atoms with E-state index < -0.39 is 17.9 Å². The van der Waals surface area contributed by atoms with Gasteiger partial charge in [-0.3, -0.25) is 9.59 Å². The lowest BCUT2D eigenvalue weighted by Gasteiger charge is -2.19. The van der Waals surface area contributed by atoms with E-state index in [1.54, 1.807) is 24.3 Å². The minimum atomic E-state index is -0.842. The van der Waals surface area contributed by atoms with Crippen molar-refractivity contribution in [1.29, 1.82) is 0 Å². The van der Waals surface area contributed by atoms with Crippen LogP contribution in [-0.4, -0.2) is 37.0 Å². The first kappa shape index (κ1) is 23.4. The number of halogens is 1. The second kappa shape index (κ2) is 12.0. The quantitative estimate of drug-likeness (QED) is 0.566. The molecule has 0 aliphatic carbocycles. The van der Waals surface area contributed by atoms with Crippen LogP contribution < -0.4 is 10.6 Å². The van der Waals surface area contributed by atoms with Crippen LogP contribution in [0.3, 0.4) is 0 Å². The Balaban J connectivity index is 1.82. The van der Waals surface area contributed by atoms with E-state index in [2.05, 4.69) is 10.6 Å². The van der Waals surface area contributed by atoms with Crippen LogP contribution in [0.2, 0.25) is 5.02 Å². The third kappa shape index (κ3) is 8.25. The second-order valence-electron chi connectivity index (χ2n) is 7.36. The molecular formula is C23H27ClN2O4. The van der Waals surface area contributed by atoms with Crippen molar-refractivity contribution in [3.05, 3.63) is 70.7 Å². The van der Waals surface area contributed by atoms with Gasteiger partial charge in [-0.1, -0.05) is 55.8 Å². The summed E-state index contributed by atoms with van der Waals surface area (Å²) in [5.41, 5.74) is 1.50. The van der Waals surface area contributed by atoms with E-state index in [1.807, 2.05) is 44.2 Å². The molecule has 0 aliphatic heterocycles. The Bertz CT molecular complexity index is 838. The van der Waals surface area contributed by atoms with Crippen molar-refractivity contribution in [2.45, 2.75) is 32.7 Å². The molecule has 0 radical (unpaired) electrons. The molecule has 160 valence electrons. The predicted molar refractivity (Wildman–Crippen MR) is 116 cm³/mol. The lowest BCUT2D eigenvalue weighted by Crippen LogP contribution is -2.43. The van der Waals surface area contributed by atoms with Crippen molar-refractivity contribution in [3.8, 4) is 0 Å². The van der Waals surface area contributed by atoms with Crippen molar-refractivity contribution >= 4 is 29.4 Å². The van der Waals surface area contributed by atoms with Crippen LogP contribution in [0.15, 0.2) is 54.6 Å². The van der Waals surface area contributed by atoms with E-state index in [0.29, 0.717) is 30.0 Å². The number of esters is 1. The largest absolute Gasteiger partial charge is 0.454 e. The molecule has 6 nitrogen and oxygen atoms in total. The molecule has 0 fully saturated rings. The van der Waals surface area contributed by atoms with Crippen molar-refractivity contribution in [2.75, 3.05) is 13.2 Å². The van der Waals surface area contributed by atoms with Gasteiger partial charge in [0.15, 0.2) is 6.61 Å². The molecule has 0 heterocycles. The Morgan fingerprint density at radius 3 is 2.30 bits per heavy atom. The van der Waals surface area contributed by atoms with Crippen molar-refractivity contribution in [1.82, 2.24) is 10.6 Å². The van der Waals surface area contributed by atoms with Crippen LogP contribution in [0, 0.1) is 5.92 Å². The first-order valence-electron chi connectivity index (χ1n) is 9.89. The Labute approximate surface area is 182 Å². The summed E-state index contributed by atoms with van der Waals surface area (Å²) >= 11 is 5.84. The number of carbonyl (C=O) groups is 3. The Hall–Kier alpha value is -2.86. The summed E-state index contributed by atoms with van der Waals surface area (Å²) in [7, 11) is 0. The number of hydrogen-bond acceptors (Lipinski definition) is 4. The van der Waals surface area contributed by atoms with Gasteiger partial charge in [0.25, 0.3) is 11.8 Å². The fraction of sp³-hybridized carbons (Fsp3) is 0.348. The molecule has 30 heavy (non-hydrogen) atoms. The maximum absolute atomic E-state index is 12.5. The molecule has 2 rings (SSSR count). The number of nitrogens with one attached hydrogen (secondary N) is 2. The maximum Gasteiger partial charge on any atom is 0.329 e. The molecule has 7 heteroatoms. The minimum absolute atomic E-state index is 0.146. The summed E-state index contributed by atoms with van der Waals surface area (Å²) in [6.07, 6.45) is 1.08. The highest BCUT2D eigenvalue weighted by molar-refractivity contribution is 6.30. The van der Waals surface area contributed by atoms with E-state index in [4.69, 9.17) is 16.3 Å². The van der Waals surface area contributed by atoms with E-state index in [0.717, 1.165) is 5.56 Å². The molecule has 2 aromatic carbocycles. The number of carbonyl (C=O) groups excluding carboxylic acids is 3. The zero-order valence-electron chi connectivity index (χ0n) is 17.2. The summed E-state index contributed by atoms with van der Waals surface area (Å²) in [5, 5.41) is 5.92. The van der Waals surface area contributed by atoms with E-state index in [1.165, 1.54) is 0 Å². The van der Waals surface area contributed by atoms with Crippen LogP contribution in [-0.2, 0) is 20.7 Å². The predicted octanol–water partition coefficient (Wildman–Crippen LogP) is 3.39. The van der Waals surface area contributed by atoms with Gasteiger partial charge in [0.1, 0.15) is 6.04 Å². The minimum Gasteiger partial charge on any atom is -0.454 e. The van der Waals surface area contributed by atoms with Crippen LogP contribution in [0.4, 0.5) is 0 Å². The molecule has 0 spiro atoms. The third-order valence-electron chi connectivity index (χ3n) is 4.33. The van der Waals surface area contributed by atoms with Gasteiger partial charge in [0.2, 0.25) is 0 Å². The van der Waals surface area contributed by atoms with Crippen molar-refractivity contribution in [3.63, 3.8) is 0 Å². The Morgan fingerprint density at radius 2 is 1.67 bits per heavy atom. The second-order valence-corrected chi connectivity index (χ2v) is 7.79. The molecule has 1 atom stereocenters. The molecular weight excluding hydrogens is 404 g/mol. The van der Waals surface area contributed by atoms with Gasteiger partial charge in [0, 0.05) is 17.1 Å². The Kier molecular flexibility index (Phi) is 9.35. The van der Waals surface area contributed by atoms with Gasteiger partial charge < -0.3 is 15.4 Å². The van der Waals surface area contributed by atoms with Gasteiger partial charge in [-0.15, -0.1) is 0 Å². The van der Waals surface area contributed by atoms with E-state index >= 15 is 0 Å². The lowest BCUT2D eigenvalue weighted by molar-refractivity contribution is -0.150. The van der Waals surface area contributed by atoms with Crippen molar-refractivity contribution in [2.24, 2.45) is 5.92 Å². The highest BCUT2D eigenvalue weighted by Crippen LogP contribution is 2.11. The number of amides is 2. The summed E-state index contributed by atoms with van der Waals surface area (Å²) in [4.78, 5) is 36.9. The summed E-state index contributed by atoms with van der Waals surface area (Å²) < 4.78 is 5.14. The lowest BCUT2D eigenvalue weighted by atomic mass is 10.0. The maximum atomic E-state index is 12.5. The molecule has 2 N–H and O–H groups in total. The van der Waals surface area contributed by atoms with Crippen LogP contribution >= 0.6 is 11.6 Å². The van der Waals surface area contributed by atoms with Crippen LogP contribution in [0.25, 0.3) is 0 Å². The smallest absolute Gasteiger partial charge is 0.329 e. The van der Waals surface area contributed by atoms with Gasteiger partial charge >= 0.3 is 5.97 Å². The molecule has 0 saturated heterocycles. The highest BCUT2D eigenvalue weighted by atomic mass is 35.5. The fourth-order valence-electron chi connectivity index (χ4n) is 2.81. The molecule has 0 saturated carbocycles. The summed E-state index contributed by atoms with van der Waals surface area (Å²) in [5.74, 6) is -1.27. The molecule has 2 aromatic rings. The molecule has 2 amide bonds. The average Bonchev–Trinajstić information content (AvgIpc) is 2.72. The van der Waals surface area contributed by atoms with Gasteiger partial charge in [-0.2, -0.15) is 0 Å². The number of benzene rings is 2. The monoisotopic (exact) mass is 430 g/mol. The molecule has 0 unspecified atom stereocenters. The number of ether oxygens (including phenoxy) is 1. The summed E-state index contributed by atoms with van der Waals surface area (Å²) in [6, 6.07) is 15.3. The average molecular weight is 431 g/mol. The zero-order chi connectivity index (χ0) is 21.9. The SMILES string of the molecule is CC(C)C[C@H](NC(=O)c1ccc(Cl)cc1)C(=O)OCC(=O)NCCc1ccccc1. The Morgan fingerprint density at radius 1 is 1.00 bits per heavy atom. The van der Waals surface area contributed by atoms with Crippen LogP contribution in [0.1, 0.15) is 36.2 Å². The van der Waals surface area contributed by atoms with Crippen LogP contribution in [0.5, 0.6) is 0 Å². The van der Waals surface area contributed by atoms with Crippen molar-refractivity contribution < 1.29 is 19.1 Å². The zero-order valence-corrected chi connectivity index (χ0v) is 17.9. The number of rotatable bonds is 10. The van der Waals surface area contributed by atoms with Gasteiger partial charge in [0.05, 0.1) is 0 Å². The first-order chi connectivity index (χ1) is 14.3. The van der Waals surface area contributed by atoms with Gasteiger partial charge in [-0.05, 0) is 48.6 Å². The normalized spacial score (nSPS) is 11.6. The number of hydrogen-bond donors (Lipinski definition) is 2. The third-order valence-corrected chi connectivity index (χ3v) is 4.58. The first-order valence-corrected chi connectivity index (χ1v) is 10.3. The highest BCUT2D eigenvalue weighted by Gasteiger charge is 2.24. The van der Waals surface area contributed by atoms with E-state index in [9.17, 15) is 14.4 Å². The van der Waals surface area contributed by atoms with Gasteiger partial charge in [-0.25, -0.2) is 4.79 Å². The van der Waals surface area contributed by atoms with E-state index in [-0.39, 0.29) is 18.4 Å². The molecule has 0 bridgehead atoms. The molecule has 0 aliphatic rings. The topological polar surface area (TPSA) is 84.5 Å². The summed E-state index contributed by atoms with van der Waals surface area (Å²) in [6.45, 7) is 3.93. The fourth-order valence-corrected chi connectivity index (χ4v) is 2.93. The molecule has 0 aromatic heterocycles. The standard InChI is InChI=1S/C23H27ClN2O4/c1-16(2)14-20(26-22(28)18-8-10-19(24)11-9-18)23(29)30-15-21(27)25-13-12-17-6-4-3-5-7-17/h3-11,16,20H,12-15H2,1-2H3,(H,25,27)(H,26,28)/t20-/m0/s1.